The number of amides is 1. The zero-order chi connectivity index (χ0) is 30.1. The molecule has 0 bridgehead atoms. The Morgan fingerprint density at radius 2 is 1.71 bits per heavy atom. The SMILES string of the molecule is CN(C)c1cc(-c2ccc(C#N)cc2)c(O)c2c1C[C@@H]1C[C@@H]3[C@@H](N(C)C)C(=O)C(C(N)=O)C(=O)[C@]3(O)C(=O)C1C2=O. The standard InChI is InChI=1S/C30H30N4O7/c1-33(2)19-11-16(14-7-5-13(12-31)6-8-14)24(35)21-17(19)9-15-10-18-23(34(3)4)26(37)22(29(32)40)28(39)30(18,41)27(38)20(15)25(21)36/h5-8,11,15,18,20,22-23,35,41H,9-10H2,1-4H3,(H2,32,40)/t15-,18-,20?,22?,23-,30-/m1/s1. The van der Waals surface area contributed by atoms with Gasteiger partial charge in [0.1, 0.15) is 5.75 Å². The van der Waals surface area contributed by atoms with E-state index in [9.17, 15) is 34.2 Å². The molecule has 0 spiro atoms. The summed E-state index contributed by atoms with van der Waals surface area (Å²) in [7, 11) is 6.64. The number of rotatable bonds is 4. The second-order valence-corrected chi connectivity index (χ2v) is 11.5. The van der Waals surface area contributed by atoms with Crippen LogP contribution in [-0.2, 0) is 25.6 Å². The highest BCUT2D eigenvalue weighted by Crippen LogP contribution is 2.53. The van der Waals surface area contributed by atoms with Gasteiger partial charge >= 0.3 is 0 Å². The lowest BCUT2D eigenvalue weighted by molar-refractivity contribution is -0.181. The maximum absolute atomic E-state index is 14.1. The van der Waals surface area contributed by atoms with Gasteiger partial charge in [-0.25, -0.2) is 0 Å². The van der Waals surface area contributed by atoms with Crippen LogP contribution >= 0.6 is 0 Å². The monoisotopic (exact) mass is 558 g/mol. The molecule has 1 amide bonds. The summed E-state index contributed by atoms with van der Waals surface area (Å²) in [6, 6.07) is 9.04. The molecule has 2 aromatic rings. The second kappa shape index (κ2) is 9.61. The minimum Gasteiger partial charge on any atom is -0.507 e. The van der Waals surface area contributed by atoms with Crippen molar-refractivity contribution in [1.82, 2.24) is 4.90 Å². The van der Waals surface area contributed by atoms with Crippen molar-refractivity contribution in [3.8, 4) is 22.9 Å². The molecular weight excluding hydrogens is 528 g/mol. The van der Waals surface area contributed by atoms with Crippen molar-refractivity contribution in [2.45, 2.75) is 24.5 Å². The average Bonchev–Trinajstić information content (AvgIpc) is 2.90. The molecule has 212 valence electrons. The second-order valence-electron chi connectivity index (χ2n) is 11.5. The maximum Gasteiger partial charge on any atom is 0.235 e. The Kier molecular flexibility index (Phi) is 6.59. The number of phenols is 1. The third-order valence-corrected chi connectivity index (χ3v) is 8.84. The number of ketones is 4. The third kappa shape index (κ3) is 3.89. The van der Waals surface area contributed by atoms with Crippen molar-refractivity contribution >= 4 is 34.7 Å². The Labute approximate surface area is 236 Å². The normalized spacial score (nSPS) is 29.0. The van der Waals surface area contributed by atoms with Crippen molar-refractivity contribution < 1.29 is 34.2 Å². The summed E-state index contributed by atoms with van der Waals surface area (Å²) < 4.78 is 0. The molecule has 11 heteroatoms. The molecule has 0 aliphatic heterocycles. The third-order valence-electron chi connectivity index (χ3n) is 8.84. The molecule has 3 aliphatic carbocycles. The summed E-state index contributed by atoms with van der Waals surface area (Å²) >= 11 is 0. The Morgan fingerprint density at radius 3 is 2.24 bits per heavy atom. The smallest absolute Gasteiger partial charge is 0.235 e. The van der Waals surface area contributed by atoms with Crippen LogP contribution in [0.5, 0.6) is 5.75 Å². The van der Waals surface area contributed by atoms with Crippen LogP contribution in [0.1, 0.15) is 27.9 Å². The Hall–Kier alpha value is -4.40. The molecule has 11 nitrogen and oxygen atoms in total. The van der Waals surface area contributed by atoms with E-state index >= 15 is 0 Å². The van der Waals surface area contributed by atoms with Crippen molar-refractivity contribution in [3.05, 3.63) is 47.0 Å². The predicted octanol–water partition coefficient (Wildman–Crippen LogP) is 0.472. The lowest BCUT2D eigenvalue weighted by Gasteiger charge is -2.52. The van der Waals surface area contributed by atoms with Crippen molar-refractivity contribution in [3.63, 3.8) is 0 Å². The molecule has 0 radical (unpaired) electrons. The van der Waals surface area contributed by atoms with Crippen molar-refractivity contribution in [1.29, 1.82) is 5.26 Å². The zero-order valence-corrected chi connectivity index (χ0v) is 23.0. The number of phenolic OH excluding ortho intramolecular Hbond substituents is 1. The number of aliphatic hydroxyl groups is 1. The molecule has 0 saturated heterocycles. The molecule has 2 fully saturated rings. The van der Waals surface area contributed by atoms with Crippen molar-refractivity contribution in [2.75, 3.05) is 33.1 Å². The molecule has 0 aromatic heterocycles. The number of anilines is 1. The van der Waals surface area contributed by atoms with E-state index < -0.39 is 64.4 Å². The predicted molar refractivity (Wildman–Crippen MR) is 146 cm³/mol. The number of Topliss-reactive ketones (excluding diaryl/α,β-unsaturated/α-hetero) is 4. The molecule has 6 atom stereocenters. The van der Waals surface area contributed by atoms with Crippen LogP contribution in [0.3, 0.4) is 0 Å². The highest BCUT2D eigenvalue weighted by Gasteiger charge is 2.69. The summed E-state index contributed by atoms with van der Waals surface area (Å²) in [5, 5.41) is 32.3. The van der Waals surface area contributed by atoms with E-state index in [-0.39, 0.29) is 24.2 Å². The van der Waals surface area contributed by atoms with Gasteiger partial charge in [0.15, 0.2) is 34.7 Å². The fourth-order valence-corrected chi connectivity index (χ4v) is 7.00. The van der Waals surface area contributed by atoms with Gasteiger partial charge in [-0.2, -0.15) is 5.26 Å². The Bertz CT molecular complexity index is 1570. The van der Waals surface area contributed by atoms with Gasteiger partial charge in [-0.3, -0.25) is 28.9 Å². The first-order valence-corrected chi connectivity index (χ1v) is 13.2. The molecular formula is C30H30N4O7. The summed E-state index contributed by atoms with van der Waals surface area (Å²) in [5.74, 6) is -10.9. The van der Waals surface area contributed by atoms with Gasteiger partial charge in [0, 0.05) is 31.3 Å². The van der Waals surface area contributed by atoms with Crippen LogP contribution in [0.15, 0.2) is 30.3 Å². The van der Waals surface area contributed by atoms with E-state index in [2.05, 4.69) is 0 Å². The van der Waals surface area contributed by atoms with Gasteiger partial charge < -0.3 is 20.8 Å². The van der Waals surface area contributed by atoms with E-state index in [4.69, 9.17) is 11.0 Å². The van der Waals surface area contributed by atoms with Crippen molar-refractivity contribution in [2.24, 2.45) is 29.4 Å². The topological polar surface area (TPSA) is 182 Å². The van der Waals surface area contributed by atoms with Gasteiger partial charge in [-0.15, -0.1) is 0 Å². The maximum atomic E-state index is 14.1. The average molecular weight is 559 g/mol. The summed E-state index contributed by atoms with van der Waals surface area (Å²) in [5.41, 5.74) is 4.91. The number of nitriles is 1. The van der Waals surface area contributed by atoms with Crippen LogP contribution in [0.4, 0.5) is 5.69 Å². The quantitative estimate of drug-likeness (QED) is 0.446. The number of benzene rings is 2. The van der Waals surface area contributed by atoms with Gasteiger partial charge in [-0.1, -0.05) is 12.1 Å². The molecule has 2 aromatic carbocycles. The molecule has 3 aliphatic rings. The number of carbonyl (C=O) groups excluding carboxylic acids is 5. The first-order valence-electron chi connectivity index (χ1n) is 13.2. The highest BCUT2D eigenvalue weighted by molar-refractivity contribution is 6.32. The Balaban J connectivity index is 1.68. The Morgan fingerprint density at radius 1 is 1.07 bits per heavy atom. The van der Waals surface area contributed by atoms with Gasteiger partial charge in [0.25, 0.3) is 0 Å². The van der Waals surface area contributed by atoms with E-state index in [1.54, 1.807) is 63.4 Å². The molecule has 2 unspecified atom stereocenters. The number of fused-ring (bicyclic) bond motifs is 3. The fraction of sp³-hybridized carbons (Fsp3) is 0.400. The highest BCUT2D eigenvalue weighted by atomic mass is 16.3. The largest absolute Gasteiger partial charge is 0.507 e. The number of nitrogens with zero attached hydrogens (tertiary/aromatic N) is 3. The number of hydrogen-bond donors (Lipinski definition) is 3. The van der Waals surface area contributed by atoms with Crippen LogP contribution < -0.4 is 10.6 Å². The molecule has 41 heavy (non-hydrogen) atoms. The molecule has 0 heterocycles. The number of carbonyl (C=O) groups is 5. The summed E-state index contributed by atoms with van der Waals surface area (Å²) in [6.07, 6.45) is 0.148. The van der Waals surface area contributed by atoms with Gasteiger partial charge in [-0.05, 0) is 62.2 Å². The van der Waals surface area contributed by atoms with E-state index in [0.29, 0.717) is 27.9 Å². The van der Waals surface area contributed by atoms with E-state index in [0.717, 1.165) is 0 Å². The van der Waals surface area contributed by atoms with E-state index in [1.807, 2.05) is 6.07 Å². The molecule has 5 rings (SSSR count). The number of primary amides is 1. The first-order chi connectivity index (χ1) is 19.2. The lowest BCUT2D eigenvalue weighted by atomic mass is 9.52. The molecule has 4 N–H and O–H groups in total. The minimum atomic E-state index is -2.78. The summed E-state index contributed by atoms with van der Waals surface area (Å²) in [4.78, 5) is 70.2. The van der Waals surface area contributed by atoms with E-state index in [1.165, 1.54) is 4.90 Å². The number of nitrogens with two attached hydrogens (primary N) is 1. The van der Waals surface area contributed by atoms with Crippen LogP contribution in [0, 0.1) is 35.0 Å². The van der Waals surface area contributed by atoms with Crippen LogP contribution in [0.25, 0.3) is 11.1 Å². The summed E-state index contributed by atoms with van der Waals surface area (Å²) in [6.45, 7) is 0. The number of hydrogen-bond acceptors (Lipinski definition) is 10. The number of likely N-dealkylation sites (N-methyl/N-ethyl adjacent to an activating group) is 1. The first kappa shape index (κ1) is 28.1. The van der Waals surface area contributed by atoms with Crippen LogP contribution in [0.2, 0.25) is 0 Å². The van der Waals surface area contributed by atoms with Gasteiger partial charge in [0.2, 0.25) is 5.91 Å². The minimum absolute atomic E-state index is 0.0189. The van der Waals surface area contributed by atoms with Crippen LogP contribution in [-0.4, -0.2) is 84.0 Å². The van der Waals surface area contributed by atoms with Gasteiger partial charge in [0.05, 0.1) is 29.2 Å². The zero-order valence-electron chi connectivity index (χ0n) is 23.0. The number of aromatic hydroxyl groups is 1. The fourth-order valence-electron chi connectivity index (χ4n) is 7.00. The lowest BCUT2D eigenvalue weighted by Crippen LogP contribution is -2.74. The molecule has 2 saturated carbocycles.